The zero-order valence-electron chi connectivity index (χ0n) is 31.6. The summed E-state index contributed by atoms with van der Waals surface area (Å²) in [6, 6.07) is 45.4. The van der Waals surface area contributed by atoms with E-state index in [1.807, 2.05) is 115 Å². The van der Waals surface area contributed by atoms with Crippen LogP contribution >= 0.6 is 0 Å². The Morgan fingerprint density at radius 1 is 0.390 bits per heavy atom. The van der Waals surface area contributed by atoms with Gasteiger partial charge in [-0.15, -0.1) is 0 Å². The molecule has 0 bridgehead atoms. The van der Waals surface area contributed by atoms with Crippen molar-refractivity contribution in [3.63, 3.8) is 0 Å². The lowest BCUT2D eigenvalue weighted by Gasteiger charge is -2.18. The Balaban J connectivity index is 1.36. The molecule has 0 saturated carbocycles. The maximum atomic E-state index is 14.1. The van der Waals surface area contributed by atoms with Crippen LogP contribution in [0.3, 0.4) is 0 Å². The SMILES string of the molecule is Cc1cc(C)cc(-c2ccc3c(c2)c2ccccc2n3-c2cc(-c3cc(C(F)(F)F)cc(C(F)(F)F)c3)ccc2-c2nc(-c3ccccc3)nc(-c3ccccc3)n2)c1. The van der Waals surface area contributed by atoms with Crippen LogP contribution in [-0.2, 0) is 12.4 Å². The normalized spacial score (nSPS) is 12.1. The average molecular weight is 791 g/mol. The van der Waals surface area contributed by atoms with E-state index in [4.69, 9.17) is 15.0 Å². The largest absolute Gasteiger partial charge is 0.416 e. The van der Waals surface area contributed by atoms with Crippen molar-refractivity contribution in [2.75, 3.05) is 0 Å². The van der Waals surface area contributed by atoms with Crippen molar-refractivity contribution in [1.29, 1.82) is 0 Å². The Bertz CT molecular complexity index is 2930. The van der Waals surface area contributed by atoms with Gasteiger partial charge in [0.15, 0.2) is 17.5 Å². The van der Waals surface area contributed by atoms with E-state index in [-0.39, 0.29) is 23.0 Å². The quantitative estimate of drug-likeness (QED) is 0.158. The molecule has 0 aliphatic heterocycles. The van der Waals surface area contributed by atoms with Gasteiger partial charge in [-0.05, 0) is 84.6 Å². The van der Waals surface area contributed by atoms with Gasteiger partial charge in [0.25, 0.3) is 0 Å². The van der Waals surface area contributed by atoms with Crippen molar-refractivity contribution < 1.29 is 26.3 Å². The maximum Gasteiger partial charge on any atom is 0.416 e. The molecule has 0 fully saturated rings. The van der Waals surface area contributed by atoms with Crippen LogP contribution in [0.2, 0.25) is 0 Å². The lowest BCUT2D eigenvalue weighted by Crippen LogP contribution is -2.11. The first-order chi connectivity index (χ1) is 28.3. The topological polar surface area (TPSA) is 43.6 Å². The van der Waals surface area contributed by atoms with E-state index in [1.165, 1.54) is 6.07 Å². The number of aromatic nitrogens is 4. The number of para-hydroxylation sites is 1. The molecule has 0 aliphatic rings. The van der Waals surface area contributed by atoms with E-state index >= 15 is 0 Å². The molecule has 290 valence electrons. The van der Waals surface area contributed by atoms with Crippen molar-refractivity contribution in [1.82, 2.24) is 19.5 Å². The lowest BCUT2D eigenvalue weighted by atomic mass is 9.97. The third kappa shape index (κ3) is 7.22. The molecule has 2 heterocycles. The van der Waals surface area contributed by atoms with Crippen LogP contribution in [0, 0.1) is 13.8 Å². The standard InChI is InChI=1S/C49H32F6N4/c1-29-21-30(2)23-35(22-29)33-18-20-43-41(26-33)39-15-9-10-16-42(39)59(43)44-27-34(36-24-37(48(50,51)52)28-38(25-36)49(53,54)55)17-19-40(44)47-57-45(31-11-5-3-6-12-31)56-46(58-47)32-13-7-4-8-14-32/h3-28H,1-2H3. The number of halogens is 6. The molecule has 0 N–H and O–H groups in total. The minimum atomic E-state index is -5.02. The van der Waals surface area contributed by atoms with Gasteiger partial charge in [0, 0.05) is 27.5 Å². The predicted molar refractivity (Wildman–Crippen MR) is 221 cm³/mol. The van der Waals surface area contributed by atoms with Gasteiger partial charge < -0.3 is 4.57 Å². The number of hydrogen-bond acceptors (Lipinski definition) is 3. The average Bonchev–Trinajstić information content (AvgIpc) is 3.56. The minimum Gasteiger partial charge on any atom is -0.308 e. The van der Waals surface area contributed by atoms with Crippen molar-refractivity contribution in [2.24, 2.45) is 0 Å². The Labute approximate surface area is 335 Å². The summed E-state index contributed by atoms with van der Waals surface area (Å²) in [5.41, 5.74) is 5.27. The molecule has 0 unspecified atom stereocenters. The van der Waals surface area contributed by atoms with E-state index in [0.29, 0.717) is 22.9 Å². The fourth-order valence-corrected chi connectivity index (χ4v) is 7.69. The minimum absolute atomic E-state index is 0.138. The third-order valence-electron chi connectivity index (χ3n) is 10.3. The third-order valence-corrected chi connectivity index (χ3v) is 10.3. The Hall–Kier alpha value is -7.07. The maximum absolute atomic E-state index is 14.1. The molecule has 0 aliphatic carbocycles. The molecule has 0 saturated heterocycles. The molecule has 9 aromatic rings. The number of nitrogens with zero attached hydrogens (tertiary/aromatic N) is 4. The second-order valence-electron chi connectivity index (χ2n) is 14.5. The molecule has 0 radical (unpaired) electrons. The van der Waals surface area contributed by atoms with Gasteiger partial charge in [-0.3, -0.25) is 0 Å². The summed E-state index contributed by atoms with van der Waals surface area (Å²) in [5.74, 6) is 1.03. The number of hydrogen-bond donors (Lipinski definition) is 0. The van der Waals surface area contributed by atoms with E-state index in [2.05, 4.69) is 24.3 Å². The molecule has 7 aromatic carbocycles. The Kier molecular flexibility index (Phi) is 9.15. The van der Waals surface area contributed by atoms with Gasteiger partial charge >= 0.3 is 12.4 Å². The number of fused-ring (bicyclic) bond motifs is 3. The highest BCUT2D eigenvalue weighted by Crippen LogP contribution is 2.42. The Morgan fingerprint density at radius 2 is 0.881 bits per heavy atom. The van der Waals surface area contributed by atoms with Crippen LogP contribution in [0.15, 0.2) is 158 Å². The van der Waals surface area contributed by atoms with Crippen molar-refractivity contribution >= 4 is 21.8 Å². The highest BCUT2D eigenvalue weighted by molar-refractivity contribution is 6.11. The highest BCUT2D eigenvalue weighted by atomic mass is 19.4. The van der Waals surface area contributed by atoms with E-state index in [9.17, 15) is 26.3 Å². The van der Waals surface area contributed by atoms with Crippen molar-refractivity contribution in [3.05, 3.63) is 180 Å². The smallest absolute Gasteiger partial charge is 0.308 e. The van der Waals surface area contributed by atoms with Crippen LogP contribution in [0.25, 0.3) is 83.9 Å². The van der Waals surface area contributed by atoms with Gasteiger partial charge in [0.1, 0.15) is 0 Å². The van der Waals surface area contributed by atoms with Crippen LogP contribution in [0.4, 0.5) is 26.3 Å². The van der Waals surface area contributed by atoms with Crippen LogP contribution in [-0.4, -0.2) is 19.5 Å². The monoisotopic (exact) mass is 790 g/mol. The highest BCUT2D eigenvalue weighted by Gasteiger charge is 2.37. The number of aryl methyl sites for hydroxylation is 2. The summed E-state index contributed by atoms with van der Waals surface area (Å²) in [5, 5.41) is 1.80. The number of benzene rings is 7. The van der Waals surface area contributed by atoms with Crippen LogP contribution in [0.5, 0.6) is 0 Å². The van der Waals surface area contributed by atoms with Gasteiger partial charge in [-0.2, -0.15) is 26.3 Å². The van der Waals surface area contributed by atoms with E-state index in [1.54, 1.807) is 12.1 Å². The summed E-state index contributed by atoms with van der Waals surface area (Å²) in [6.45, 7) is 4.09. The molecule has 0 atom stereocenters. The van der Waals surface area contributed by atoms with Crippen LogP contribution < -0.4 is 0 Å². The summed E-state index contributed by atoms with van der Waals surface area (Å²) >= 11 is 0. The van der Waals surface area contributed by atoms with Gasteiger partial charge in [0.2, 0.25) is 0 Å². The first-order valence-corrected chi connectivity index (χ1v) is 18.7. The molecule has 59 heavy (non-hydrogen) atoms. The second-order valence-corrected chi connectivity index (χ2v) is 14.5. The van der Waals surface area contributed by atoms with Crippen molar-refractivity contribution in [2.45, 2.75) is 26.2 Å². The van der Waals surface area contributed by atoms with Gasteiger partial charge in [0.05, 0.1) is 27.8 Å². The zero-order chi connectivity index (χ0) is 41.1. The molecule has 10 heteroatoms. The lowest BCUT2D eigenvalue weighted by molar-refractivity contribution is -0.143. The van der Waals surface area contributed by atoms with E-state index < -0.39 is 23.5 Å². The summed E-state index contributed by atoms with van der Waals surface area (Å²) in [4.78, 5) is 14.8. The molecule has 2 aromatic heterocycles. The molecule has 4 nitrogen and oxygen atoms in total. The molecule has 0 amide bonds. The first-order valence-electron chi connectivity index (χ1n) is 18.7. The van der Waals surface area contributed by atoms with Gasteiger partial charge in [-0.1, -0.05) is 120 Å². The first kappa shape index (κ1) is 37.5. The zero-order valence-corrected chi connectivity index (χ0v) is 31.6. The summed E-state index contributed by atoms with van der Waals surface area (Å²) in [6.07, 6.45) is -10.0. The fourth-order valence-electron chi connectivity index (χ4n) is 7.69. The number of alkyl halides is 6. The van der Waals surface area contributed by atoms with E-state index in [0.717, 1.165) is 67.3 Å². The Morgan fingerprint density at radius 3 is 1.47 bits per heavy atom. The fraction of sp³-hybridized carbons (Fsp3) is 0.0816. The number of rotatable bonds is 6. The molecular weight excluding hydrogens is 759 g/mol. The molecule has 0 spiro atoms. The predicted octanol–water partition coefficient (Wildman–Crippen LogP) is 14.0. The summed E-state index contributed by atoms with van der Waals surface area (Å²) < 4.78 is 86.9. The van der Waals surface area contributed by atoms with Crippen molar-refractivity contribution in [3.8, 4) is 62.1 Å². The van der Waals surface area contributed by atoms with Crippen LogP contribution in [0.1, 0.15) is 22.3 Å². The van der Waals surface area contributed by atoms with Gasteiger partial charge in [-0.25, -0.2) is 15.0 Å². The second kappa shape index (κ2) is 14.4. The molecular formula is C49H32F6N4. The summed E-state index contributed by atoms with van der Waals surface area (Å²) in [7, 11) is 0. The molecule has 9 rings (SSSR count).